The number of anilines is 2. The molecule has 0 spiro atoms. The Kier molecular flexibility index (Phi) is 6.05. The minimum atomic E-state index is -4.38. The van der Waals surface area contributed by atoms with Crippen molar-refractivity contribution in [1.82, 2.24) is 0 Å². The van der Waals surface area contributed by atoms with E-state index < -0.39 is 21.5 Å². The number of nitrogens with zero attached hydrogens (tertiary/aromatic N) is 1. The van der Waals surface area contributed by atoms with Gasteiger partial charge in [-0.25, -0.2) is 12.7 Å². The molecule has 1 aliphatic heterocycles. The molecule has 4 rings (SSSR count). The highest BCUT2D eigenvalue weighted by Crippen LogP contribution is 2.48. The maximum absolute atomic E-state index is 13.9. The fraction of sp³-hybridized carbons (Fsp3) is 0.174. The van der Waals surface area contributed by atoms with E-state index in [1.807, 2.05) is 6.92 Å². The summed E-state index contributed by atoms with van der Waals surface area (Å²) in [7, 11) is -2.90. The van der Waals surface area contributed by atoms with Gasteiger partial charge in [-0.2, -0.15) is 0 Å². The van der Waals surface area contributed by atoms with Crippen molar-refractivity contribution in [2.45, 2.75) is 17.4 Å². The van der Waals surface area contributed by atoms with Crippen molar-refractivity contribution >= 4 is 50.5 Å². The lowest BCUT2D eigenvalue weighted by atomic mass is 9.85. The first-order chi connectivity index (χ1) is 15.7. The van der Waals surface area contributed by atoms with E-state index in [2.05, 4.69) is 5.32 Å². The summed E-state index contributed by atoms with van der Waals surface area (Å²) in [5, 5.41) is 3.56. The zero-order chi connectivity index (χ0) is 24.0. The van der Waals surface area contributed by atoms with Crippen molar-refractivity contribution in [3.63, 3.8) is 0 Å². The zero-order valence-electron chi connectivity index (χ0n) is 17.8. The Morgan fingerprint density at radius 3 is 2.45 bits per heavy atom. The van der Waals surface area contributed by atoms with Crippen LogP contribution in [0, 0.1) is 0 Å². The van der Waals surface area contributed by atoms with Crippen LogP contribution in [0.3, 0.4) is 0 Å². The Labute approximate surface area is 202 Å². The molecule has 0 radical (unpaired) electrons. The lowest BCUT2D eigenvalue weighted by molar-refractivity contribution is -0.120. The third-order valence-electron chi connectivity index (χ3n) is 5.49. The first-order valence-electron chi connectivity index (χ1n) is 10.0. The predicted molar refractivity (Wildman–Crippen MR) is 130 cm³/mol. The van der Waals surface area contributed by atoms with Gasteiger partial charge in [0, 0.05) is 33.8 Å². The van der Waals surface area contributed by atoms with Crippen LogP contribution in [0.4, 0.5) is 11.4 Å². The standard InChI is InChI=1S/C23H21Cl2N3O4S/c1-3-27-19-13-15(32-2)9-11-21(19)33(30,31)28-20-10-8-14(24)12-17(20)23(26,22(28)29)16-6-4-5-7-18(16)25/h4-13,27H,3,26H2,1-2H3. The number of fused-ring (bicyclic) bond motifs is 1. The molecule has 0 saturated carbocycles. The fourth-order valence-corrected chi connectivity index (χ4v) is 6.04. The summed E-state index contributed by atoms with van der Waals surface area (Å²) >= 11 is 12.6. The highest BCUT2D eigenvalue weighted by Gasteiger charge is 2.55. The van der Waals surface area contributed by atoms with Crippen molar-refractivity contribution in [3.05, 3.63) is 81.8 Å². The van der Waals surface area contributed by atoms with Crippen LogP contribution >= 0.6 is 23.2 Å². The smallest absolute Gasteiger partial charge is 0.273 e. The van der Waals surface area contributed by atoms with Crippen LogP contribution < -0.4 is 20.1 Å². The second-order valence-corrected chi connectivity index (χ2v) is 10.0. The van der Waals surface area contributed by atoms with Crippen molar-refractivity contribution in [2.24, 2.45) is 5.73 Å². The Hall–Kier alpha value is -2.78. The molecular weight excluding hydrogens is 485 g/mol. The number of amides is 1. The van der Waals surface area contributed by atoms with Crippen LogP contribution in [0.2, 0.25) is 10.0 Å². The number of nitrogens with one attached hydrogen (secondary N) is 1. The topological polar surface area (TPSA) is 102 Å². The van der Waals surface area contributed by atoms with E-state index in [4.69, 9.17) is 33.7 Å². The van der Waals surface area contributed by atoms with Crippen LogP contribution in [-0.4, -0.2) is 28.0 Å². The number of methoxy groups -OCH3 is 1. The Morgan fingerprint density at radius 1 is 1.06 bits per heavy atom. The lowest BCUT2D eigenvalue weighted by Gasteiger charge is -2.26. The van der Waals surface area contributed by atoms with E-state index in [9.17, 15) is 13.2 Å². The number of carbonyl (C=O) groups is 1. The monoisotopic (exact) mass is 505 g/mol. The molecule has 1 unspecified atom stereocenters. The van der Waals surface area contributed by atoms with Gasteiger partial charge in [-0.1, -0.05) is 41.4 Å². The van der Waals surface area contributed by atoms with Gasteiger partial charge < -0.3 is 15.8 Å². The SMILES string of the molecule is CCNc1cc(OC)ccc1S(=O)(=O)N1C(=O)C(N)(c2ccccc2Cl)c2cc(Cl)ccc21. The number of nitrogens with two attached hydrogens (primary N) is 1. The first-order valence-corrected chi connectivity index (χ1v) is 12.2. The minimum absolute atomic E-state index is 0.0946. The predicted octanol–water partition coefficient (Wildman–Crippen LogP) is 4.37. The molecule has 1 amide bonds. The Balaban J connectivity index is 1.97. The largest absolute Gasteiger partial charge is 0.497 e. The number of rotatable bonds is 6. The minimum Gasteiger partial charge on any atom is -0.497 e. The Morgan fingerprint density at radius 2 is 1.79 bits per heavy atom. The molecule has 0 aliphatic carbocycles. The molecule has 1 atom stereocenters. The molecule has 7 nitrogen and oxygen atoms in total. The maximum Gasteiger partial charge on any atom is 0.273 e. The van der Waals surface area contributed by atoms with Gasteiger partial charge in [-0.05, 0) is 43.3 Å². The quantitative estimate of drug-likeness (QED) is 0.515. The van der Waals surface area contributed by atoms with Crippen molar-refractivity contribution < 1.29 is 17.9 Å². The molecule has 33 heavy (non-hydrogen) atoms. The summed E-state index contributed by atoms with van der Waals surface area (Å²) in [6.07, 6.45) is 0. The normalized spacial score (nSPS) is 17.7. The molecule has 3 aromatic rings. The maximum atomic E-state index is 13.9. The number of hydrogen-bond donors (Lipinski definition) is 2. The van der Waals surface area contributed by atoms with E-state index in [0.29, 0.717) is 23.0 Å². The fourth-order valence-electron chi connectivity index (χ4n) is 3.95. The van der Waals surface area contributed by atoms with E-state index >= 15 is 0 Å². The van der Waals surface area contributed by atoms with E-state index in [1.165, 1.54) is 37.4 Å². The van der Waals surface area contributed by atoms with E-state index in [1.54, 1.807) is 30.3 Å². The molecule has 172 valence electrons. The van der Waals surface area contributed by atoms with E-state index in [0.717, 1.165) is 4.31 Å². The average Bonchev–Trinajstić information content (AvgIpc) is 3.01. The third-order valence-corrected chi connectivity index (χ3v) is 7.81. The number of hydrogen-bond acceptors (Lipinski definition) is 6. The van der Waals surface area contributed by atoms with E-state index in [-0.39, 0.29) is 26.7 Å². The summed E-state index contributed by atoms with van der Waals surface area (Å²) in [5.74, 6) is -0.389. The van der Waals surface area contributed by atoms with Crippen LogP contribution in [0.25, 0.3) is 0 Å². The third kappa shape index (κ3) is 3.63. The number of carbonyl (C=O) groups excluding carboxylic acids is 1. The van der Waals surface area contributed by atoms with Crippen molar-refractivity contribution in [3.8, 4) is 5.75 Å². The van der Waals surface area contributed by atoms with Gasteiger partial charge in [0.05, 0.1) is 18.5 Å². The Bertz CT molecular complexity index is 1360. The molecule has 0 aromatic heterocycles. The van der Waals surface area contributed by atoms with Gasteiger partial charge >= 0.3 is 0 Å². The van der Waals surface area contributed by atoms with Crippen molar-refractivity contribution in [1.29, 1.82) is 0 Å². The number of halogens is 2. The zero-order valence-corrected chi connectivity index (χ0v) is 20.1. The van der Waals surface area contributed by atoms with Gasteiger partial charge in [0.25, 0.3) is 15.9 Å². The summed E-state index contributed by atoms with van der Waals surface area (Å²) < 4.78 is 33.7. The molecule has 10 heteroatoms. The number of sulfonamides is 1. The van der Waals surface area contributed by atoms with Crippen molar-refractivity contribution in [2.75, 3.05) is 23.3 Å². The molecule has 0 bridgehead atoms. The van der Waals surface area contributed by atoms with Crippen LogP contribution in [0.15, 0.2) is 65.6 Å². The van der Waals surface area contributed by atoms with Gasteiger partial charge in [-0.15, -0.1) is 0 Å². The highest BCUT2D eigenvalue weighted by molar-refractivity contribution is 7.93. The molecule has 0 saturated heterocycles. The average molecular weight is 506 g/mol. The molecule has 1 aliphatic rings. The summed E-state index contributed by atoms with van der Waals surface area (Å²) in [6.45, 7) is 2.28. The van der Waals surface area contributed by atoms with Crippen LogP contribution in [0.1, 0.15) is 18.1 Å². The summed E-state index contributed by atoms with van der Waals surface area (Å²) in [6, 6.07) is 15.5. The van der Waals surface area contributed by atoms with Gasteiger partial charge in [0.2, 0.25) is 0 Å². The molecule has 3 aromatic carbocycles. The summed E-state index contributed by atoms with van der Waals surface area (Å²) in [5.41, 5.74) is 5.76. The molecule has 3 N–H and O–H groups in total. The number of benzene rings is 3. The van der Waals surface area contributed by atoms with Gasteiger partial charge in [-0.3, -0.25) is 4.79 Å². The summed E-state index contributed by atoms with van der Waals surface area (Å²) in [4.78, 5) is 13.7. The first kappa shape index (κ1) is 23.4. The van der Waals surface area contributed by atoms with Crippen LogP contribution in [-0.2, 0) is 20.4 Å². The second-order valence-electron chi connectivity index (χ2n) is 7.42. The number of ether oxygens (including phenoxy) is 1. The molecule has 1 heterocycles. The molecule has 0 fully saturated rings. The lowest BCUT2D eigenvalue weighted by Crippen LogP contribution is -2.49. The molecular formula is C23H21Cl2N3O4S. The second kappa shape index (κ2) is 8.53. The highest BCUT2D eigenvalue weighted by atomic mass is 35.5. The van der Waals surface area contributed by atoms with Crippen LogP contribution in [0.5, 0.6) is 5.75 Å². The van der Waals surface area contributed by atoms with Gasteiger partial charge in [0.15, 0.2) is 5.54 Å². The van der Waals surface area contributed by atoms with Gasteiger partial charge in [0.1, 0.15) is 10.6 Å².